The number of carboxylic acid groups (broad SMARTS) is 1. The quantitative estimate of drug-likeness (QED) is 0.440. The first-order valence-corrected chi connectivity index (χ1v) is 12.9. The molecule has 8 heteroatoms. The van der Waals surface area contributed by atoms with Crippen molar-refractivity contribution in [2.24, 2.45) is 5.92 Å². The van der Waals surface area contributed by atoms with Gasteiger partial charge in [-0.3, -0.25) is 4.79 Å². The van der Waals surface area contributed by atoms with E-state index in [1.54, 1.807) is 18.7 Å². The summed E-state index contributed by atoms with van der Waals surface area (Å²) in [5.74, 6) is -1.30. The van der Waals surface area contributed by atoms with Crippen molar-refractivity contribution in [3.05, 3.63) is 59.7 Å². The van der Waals surface area contributed by atoms with Crippen LogP contribution < -0.4 is 10.6 Å². The summed E-state index contributed by atoms with van der Waals surface area (Å²) >= 11 is 1.54. The molecule has 0 aromatic heterocycles. The molecule has 3 rings (SSSR count). The molecule has 0 saturated heterocycles. The van der Waals surface area contributed by atoms with Crippen molar-refractivity contribution in [3.63, 3.8) is 0 Å². The highest BCUT2D eigenvalue weighted by atomic mass is 32.2. The van der Waals surface area contributed by atoms with Crippen LogP contribution in [-0.4, -0.2) is 53.8 Å². The van der Waals surface area contributed by atoms with Gasteiger partial charge in [0, 0.05) is 5.92 Å². The average Bonchev–Trinajstić information content (AvgIpc) is 3.16. The smallest absolute Gasteiger partial charge is 0.407 e. The fraction of sp³-hybridized carbons (Fsp3) is 0.423. The van der Waals surface area contributed by atoms with E-state index in [-0.39, 0.29) is 18.4 Å². The van der Waals surface area contributed by atoms with E-state index in [1.807, 2.05) is 49.6 Å². The Kier molecular flexibility index (Phi) is 8.98. The Morgan fingerprint density at radius 3 is 2.15 bits per heavy atom. The molecule has 3 N–H and O–H groups in total. The Balaban J connectivity index is 1.66. The molecular formula is C26H32N2O5S. The minimum absolute atomic E-state index is 0.0848. The van der Waals surface area contributed by atoms with E-state index in [2.05, 4.69) is 22.8 Å². The Morgan fingerprint density at radius 1 is 1.03 bits per heavy atom. The predicted octanol–water partition coefficient (Wildman–Crippen LogP) is 4.26. The van der Waals surface area contributed by atoms with Gasteiger partial charge in [0.05, 0.1) is 0 Å². The zero-order valence-electron chi connectivity index (χ0n) is 19.7. The molecule has 0 aliphatic heterocycles. The number of ether oxygens (including phenoxy) is 1. The highest BCUT2D eigenvalue weighted by Gasteiger charge is 2.31. The molecule has 0 bridgehead atoms. The highest BCUT2D eigenvalue weighted by molar-refractivity contribution is 7.98. The number of hydrogen-bond acceptors (Lipinski definition) is 5. The number of rotatable bonds is 11. The number of fused-ring (bicyclic) bond motifs is 3. The van der Waals surface area contributed by atoms with Gasteiger partial charge in [-0.25, -0.2) is 9.59 Å². The van der Waals surface area contributed by atoms with Gasteiger partial charge in [0.1, 0.15) is 18.7 Å². The van der Waals surface area contributed by atoms with Crippen LogP contribution in [0.5, 0.6) is 0 Å². The van der Waals surface area contributed by atoms with Gasteiger partial charge in [-0.05, 0) is 46.6 Å². The van der Waals surface area contributed by atoms with E-state index in [0.29, 0.717) is 18.6 Å². The second kappa shape index (κ2) is 11.9. The number of thioether (sulfide) groups is 1. The van der Waals surface area contributed by atoms with Crippen molar-refractivity contribution in [1.82, 2.24) is 10.6 Å². The molecular weight excluding hydrogens is 452 g/mol. The lowest BCUT2D eigenvalue weighted by Crippen LogP contribution is -2.53. The Morgan fingerprint density at radius 2 is 1.62 bits per heavy atom. The minimum Gasteiger partial charge on any atom is -0.480 e. The van der Waals surface area contributed by atoms with Crippen LogP contribution in [0.25, 0.3) is 11.1 Å². The van der Waals surface area contributed by atoms with Gasteiger partial charge in [0.2, 0.25) is 5.91 Å². The van der Waals surface area contributed by atoms with Crippen molar-refractivity contribution in [2.45, 2.75) is 44.7 Å². The van der Waals surface area contributed by atoms with Crippen LogP contribution in [0.4, 0.5) is 4.79 Å². The third-order valence-corrected chi connectivity index (χ3v) is 6.98. The van der Waals surface area contributed by atoms with E-state index in [9.17, 15) is 19.5 Å². The number of carbonyl (C=O) groups excluding carboxylic acids is 2. The molecule has 7 nitrogen and oxygen atoms in total. The Bertz CT molecular complexity index is 982. The SMILES string of the molecule is CCC(C)[C@H](NC(=O)[C@@H](CCSC)NC(=O)OCC1c2ccccc2-c2ccccc21)C(=O)O. The van der Waals surface area contributed by atoms with Crippen molar-refractivity contribution in [2.75, 3.05) is 18.6 Å². The fourth-order valence-electron chi connectivity index (χ4n) is 4.22. The fourth-order valence-corrected chi connectivity index (χ4v) is 4.70. The standard InChI is InChI=1S/C26H32N2O5S/c1-4-16(2)23(25(30)31)28-24(29)22(13-14-34-3)27-26(32)33-15-21-19-11-7-5-9-17(19)18-10-6-8-12-20(18)21/h5-12,16,21-23H,4,13-15H2,1-3H3,(H,27,32)(H,28,29)(H,30,31)/t16?,22-,23+/m1/s1. The van der Waals surface area contributed by atoms with Crippen molar-refractivity contribution in [1.29, 1.82) is 0 Å². The van der Waals surface area contributed by atoms with E-state index in [1.165, 1.54) is 0 Å². The Hall–Kier alpha value is -3.00. The van der Waals surface area contributed by atoms with Crippen LogP contribution in [-0.2, 0) is 14.3 Å². The third kappa shape index (κ3) is 5.91. The number of benzene rings is 2. The van der Waals surface area contributed by atoms with Gasteiger partial charge < -0.3 is 20.5 Å². The molecule has 2 aromatic rings. The largest absolute Gasteiger partial charge is 0.480 e. The molecule has 0 radical (unpaired) electrons. The van der Waals surface area contributed by atoms with Gasteiger partial charge in [-0.2, -0.15) is 11.8 Å². The highest BCUT2D eigenvalue weighted by Crippen LogP contribution is 2.44. The van der Waals surface area contributed by atoms with E-state index in [0.717, 1.165) is 22.3 Å². The summed E-state index contributed by atoms with van der Waals surface area (Å²) in [4.78, 5) is 37.1. The van der Waals surface area contributed by atoms with E-state index < -0.39 is 30.1 Å². The molecule has 0 saturated carbocycles. The van der Waals surface area contributed by atoms with E-state index in [4.69, 9.17) is 4.74 Å². The first kappa shape index (κ1) is 25.6. The lowest BCUT2D eigenvalue weighted by Gasteiger charge is -2.24. The Labute approximate surface area is 204 Å². The number of hydrogen-bond donors (Lipinski definition) is 3. The molecule has 1 aliphatic rings. The van der Waals surface area contributed by atoms with Crippen LogP contribution in [0.15, 0.2) is 48.5 Å². The minimum atomic E-state index is -1.09. The molecule has 3 atom stereocenters. The molecule has 2 amide bonds. The summed E-state index contributed by atoms with van der Waals surface area (Å²) in [6, 6.07) is 14.2. The summed E-state index contributed by atoms with van der Waals surface area (Å²) in [7, 11) is 0. The zero-order valence-corrected chi connectivity index (χ0v) is 20.6. The number of aliphatic carboxylic acids is 1. The molecule has 1 unspecified atom stereocenters. The molecule has 2 aromatic carbocycles. The molecule has 0 heterocycles. The van der Waals surface area contributed by atoms with Crippen molar-refractivity contribution in [3.8, 4) is 11.1 Å². The van der Waals surface area contributed by atoms with Gasteiger partial charge in [0.15, 0.2) is 0 Å². The summed E-state index contributed by atoms with van der Waals surface area (Å²) in [5.41, 5.74) is 4.47. The lowest BCUT2D eigenvalue weighted by atomic mass is 9.98. The summed E-state index contributed by atoms with van der Waals surface area (Å²) in [5, 5.41) is 14.7. The number of alkyl carbamates (subject to hydrolysis) is 1. The van der Waals surface area contributed by atoms with Crippen LogP contribution in [0.1, 0.15) is 43.7 Å². The monoisotopic (exact) mass is 484 g/mol. The number of amides is 2. The molecule has 1 aliphatic carbocycles. The van der Waals surface area contributed by atoms with Crippen LogP contribution in [0.2, 0.25) is 0 Å². The van der Waals surface area contributed by atoms with Crippen LogP contribution in [0, 0.1) is 5.92 Å². The van der Waals surface area contributed by atoms with Crippen molar-refractivity contribution < 1.29 is 24.2 Å². The van der Waals surface area contributed by atoms with Gasteiger partial charge in [-0.15, -0.1) is 0 Å². The average molecular weight is 485 g/mol. The van der Waals surface area contributed by atoms with Gasteiger partial charge in [-0.1, -0.05) is 68.8 Å². The topological polar surface area (TPSA) is 105 Å². The third-order valence-electron chi connectivity index (χ3n) is 6.34. The first-order chi connectivity index (χ1) is 16.4. The summed E-state index contributed by atoms with van der Waals surface area (Å²) in [6.45, 7) is 3.78. The van der Waals surface area contributed by atoms with Crippen molar-refractivity contribution >= 4 is 29.7 Å². The predicted molar refractivity (Wildman–Crippen MR) is 134 cm³/mol. The zero-order chi connectivity index (χ0) is 24.7. The maximum absolute atomic E-state index is 12.9. The maximum atomic E-state index is 12.9. The first-order valence-electron chi connectivity index (χ1n) is 11.5. The molecule has 0 spiro atoms. The lowest BCUT2D eigenvalue weighted by molar-refractivity contribution is -0.143. The summed E-state index contributed by atoms with van der Waals surface area (Å²) in [6.07, 6.45) is 2.18. The normalized spacial score (nSPS) is 14.9. The number of carboxylic acids is 1. The van der Waals surface area contributed by atoms with Crippen LogP contribution >= 0.6 is 11.8 Å². The van der Waals surface area contributed by atoms with Gasteiger partial charge in [0.25, 0.3) is 0 Å². The molecule has 182 valence electrons. The second-order valence-electron chi connectivity index (χ2n) is 8.51. The second-order valence-corrected chi connectivity index (χ2v) is 9.50. The number of carbonyl (C=O) groups is 3. The number of nitrogens with one attached hydrogen (secondary N) is 2. The molecule has 34 heavy (non-hydrogen) atoms. The maximum Gasteiger partial charge on any atom is 0.407 e. The van der Waals surface area contributed by atoms with Gasteiger partial charge >= 0.3 is 12.1 Å². The summed E-state index contributed by atoms with van der Waals surface area (Å²) < 4.78 is 5.57. The molecule has 0 fully saturated rings. The van der Waals surface area contributed by atoms with E-state index >= 15 is 0 Å². The van der Waals surface area contributed by atoms with Crippen LogP contribution in [0.3, 0.4) is 0 Å².